The predicted octanol–water partition coefficient (Wildman–Crippen LogP) is 4.26. The van der Waals surface area contributed by atoms with Crippen LogP contribution in [0.25, 0.3) is 0 Å². The van der Waals surface area contributed by atoms with Gasteiger partial charge in [-0.15, -0.1) is 0 Å². The number of ketones is 1. The van der Waals surface area contributed by atoms with Gasteiger partial charge in [0.05, 0.1) is 0 Å². The van der Waals surface area contributed by atoms with E-state index in [1.54, 1.807) is 0 Å². The lowest BCUT2D eigenvalue weighted by Gasteiger charge is -2.04. The number of carbonyl (C=O) groups is 1. The molecule has 0 N–H and O–H groups in total. The third-order valence-electron chi connectivity index (χ3n) is 3.86. The first-order valence-electron chi connectivity index (χ1n) is 7.42. The van der Waals surface area contributed by atoms with E-state index < -0.39 is 0 Å². The van der Waals surface area contributed by atoms with Gasteiger partial charge in [-0.25, -0.2) is 0 Å². The average molecular weight is 244 g/mol. The van der Waals surface area contributed by atoms with E-state index in [1.807, 2.05) is 0 Å². The maximum atomic E-state index is 11.4. The molecule has 1 nitrogen and oxygen atoms in total. The molecule has 0 radical (unpaired) electrons. The quantitative estimate of drug-likeness (QED) is 0.655. The zero-order chi connectivity index (χ0) is 12.8. The van der Waals surface area contributed by atoms with Gasteiger partial charge in [-0.05, 0) is 29.5 Å². The lowest BCUT2D eigenvalue weighted by Crippen LogP contribution is -1.92. The molecule has 0 saturated carbocycles. The van der Waals surface area contributed by atoms with Gasteiger partial charge in [-0.2, -0.15) is 0 Å². The Morgan fingerprint density at radius 3 is 2.50 bits per heavy atom. The standard InChI is InChI=1S/C17H24O/c1-2-3-4-5-6-7-8-14-9-10-15-12-17(18)13-16(15)11-14/h9-11H,2-8,12-13H2,1H3. The summed E-state index contributed by atoms with van der Waals surface area (Å²) in [5.41, 5.74) is 3.95. The Labute approximate surface area is 111 Å². The van der Waals surface area contributed by atoms with Crippen molar-refractivity contribution in [2.45, 2.75) is 64.7 Å². The summed E-state index contributed by atoms with van der Waals surface area (Å²) >= 11 is 0. The normalized spacial score (nSPS) is 13.9. The minimum atomic E-state index is 0.377. The number of fused-ring (bicyclic) bond motifs is 1. The maximum Gasteiger partial charge on any atom is 0.141 e. The third kappa shape index (κ3) is 3.69. The van der Waals surface area contributed by atoms with Gasteiger partial charge < -0.3 is 0 Å². The summed E-state index contributed by atoms with van der Waals surface area (Å²) in [6.45, 7) is 2.26. The molecule has 1 heteroatoms. The van der Waals surface area contributed by atoms with E-state index in [4.69, 9.17) is 0 Å². The van der Waals surface area contributed by atoms with Gasteiger partial charge in [-0.3, -0.25) is 4.79 Å². The van der Waals surface area contributed by atoms with E-state index in [9.17, 15) is 4.79 Å². The number of carbonyl (C=O) groups excluding carboxylic acids is 1. The fourth-order valence-electron chi connectivity index (χ4n) is 2.77. The topological polar surface area (TPSA) is 17.1 Å². The van der Waals surface area contributed by atoms with Crippen LogP contribution in [0.3, 0.4) is 0 Å². The molecular weight excluding hydrogens is 220 g/mol. The Balaban J connectivity index is 1.74. The lowest BCUT2D eigenvalue weighted by molar-refractivity contribution is -0.117. The number of rotatable bonds is 7. The predicted molar refractivity (Wildman–Crippen MR) is 75.9 cm³/mol. The molecule has 0 aliphatic heterocycles. The van der Waals surface area contributed by atoms with Crippen molar-refractivity contribution in [3.63, 3.8) is 0 Å². The van der Waals surface area contributed by atoms with Crippen LogP contribution in [0.5, 0.6) is 0 Å². The molecule has 0 atom stereocenters. The highest BCUT2D eigenvalue weighted by atomic mass is 16.1. The Kier molecular flexibility index (Phi) is 4.98. The molecule has 1 aromatic carbocycles. The van der Waals surface area contributed by atoms with Crippen LogP contribution in [0.4, 0.5) is 0 Å². The first-order chi connectivity index (χ1) is 8.79. The summed E-state index contributed by atoms with van der Waals surface area (Å²) in [4.78, 5) is 11.4. The van der Waals surface area contributed by atoms with Gasteiger partial charge >= 0.3 is 0 Å². The SMILES string of the molecule is CCCCCCCCc1ccc2c(c1)CC(=O)C2. The molecule has 0 bridgehead atoms. The first-order valence-corrected chi connectivity index (χ1v) is 7.42. The van der Waals surface area contributed by atoms with Crippen molar-refractivity contribution in [1.82, 2.24) is 0 Å². The van der Waals surface area contributed by atoms with Crippen LogP contribution in [0.2, 0.25) is 0 Å². The molecule has 18 heavy (non-hydrogen) atoms. The first kappa shape index (κ1) is 13.3. The third-order valence-corrected chi connectivity index (χ3v) is 3.86. The van der Waals surface area contributed by atoms with E-state index in [1.165, 1.54) is 61.6 Å². The van der Waals surface area contributed by atoms with Crippen molar-refractivity contribution in [2.75, 3.05) is 0 Å². The smallest absolute Gasteiger partial charge is 0.141 e. The van der Waals surface area contributed by atoms with E-state index in [0.717, 1.165) is 0 Å². The average Bonchev–Trinajstić information content (AvgIpc) is 2.73. The lowest BCUT2D eigenvalue weighted by atomic mass is 10.0. The summed E-state index contributed by atoms with van der Waals surface area (Å²) in [6.07, 6.45) is 10.6. The van der Waals surface area contributed by atoms with Crippen LogP contribution < -0.4 is 0 Å². The zero-order valence-electron chi connectivity index (χ0n) is 11.5. The van der Waals surface area contributed by atoms with E-state index in [-0.39, 0.29) is 0 Å². The van der Waals surface area contributed by atoms with Crippen LogP contribution >= 0.6 is 0 Å². The number of Topliss-reactive ketones (excluding diaryl/α,β-unsaturated/α-hetero) is 1. The van der Waals surface area contributed by atoms with Crippen molar-refractivity contribution >= 4 is 5.78 Å². The van der Waals surface area contributed by atoms with Gasteiger partial charge in [0, 0.05) is 12.8 Å². The minimum absolute atomic E-state index is 0.377. The van der Waals surface area contributed by atoms with Crippen LogP contribution in [-0.2, 0) is 24.1 Å². The van der Waals surface area contributed by atoms with Crippen LogP contribution in [-0.4, -0.2) is 5.78 Å². The Bertz CT molecular complexity index is 406. The molecule has 0 saturated heterocycles. The van der Waals surface area contributed by atoms with Gasteiger partial charge in [-0.1, -0.05) is 57.2 Å². The van der Waals surface area contributed by atoms with Crippen molar-refractivity contribution < 1.29 is 4.79 Å². The summed E-state index contributed by atoms with van der Waals surface area (Å²) in [5, 5.41) is 0. The molecule has 0 aromatic heterocycles. The molecule has 1 aliphatic carbocycles. The van der Waals surface area contributed by atoms with Crippen LogP contribution in [0, 0.1) is 0 Å². The molecule has 2 rings (SSSR count). The molecule has 0 amide bonds. The molecule has 1 aromatic rings. The van der Waals surface area contributed by atoms with Crippen molar-refractivity contribution in [1.29, 1.82) is 0 Å². The van der Waals surface area contributed by atoms with Crippen molar-refractivity contribution in [3.05, 3.63) is 34.9 Å². The fourth-order valence-corrected chi connectivity index (χ4v) is 2.77. The summed E-state index contributed by atoms with van der Waals surface area (Å²) in [7, 11) is 0. The van der Waals surface area contributed by atoms with Gasteiger partial charge in [0.15, 0.2) is 0 Å². The molecule has 0 unspecified atom stereocenters. The van der Waals surface area contributed by atoms with Gasteiger partial charge in [0.2, 0.25) is 0 Å². The number of hydrogen-bond acceptors (Lipinski definition) is 1. The number of benzene rings is 1. The number of hydrogen-bond donors (Lipinski definition) is 0. The zero-order valence-corrected chi connectivity index (χ0v) is 11.5. The van der Waals surface area contributed by atoms with Gasteiger partial charge in [0.25, 0.3) is 0 Å². The summed E-state index contributed by atoms with van der Waals surface area (Å²) < 4.78 is 0. The highest BCUT2D eigenvalue weighted by Crippen LogP contribution is 2.21. The summed E-state index contributed by atoms with van der Waals surface area (Å²) in [5.74, 6) is 0.377. The van der Waals surface area contributed by atoms with Crippen LogP contribution in [0.15, 0.2) is 18.2 Å². The van der Waals surface area contributed by atoms with E-state index >= 15 is 0 Å². The summed E-state index contributed by atoms with van der Waals surface area (Å²) in [6, 6.07) is 6.63. The second-order valence-electron chi connectivity index (χ2n) is 5.51. The fraction of sp³-hybridized carbons (Fsp3) is 0.588. The Morgan fingerprint density at radius 2 is 1.67 bits per heavy atom. The largest absolute Gasteiger partial charge is 0.299 e. The highest BCUT2D eigenvalue weighted by Gasteiger charge is 2.17. The van der Waals surface area contributed by atoms with Crippen LogP contribution in [0.1, 0.15) is 62.1 Å². The molecular formula is C17H24O. The Hall–Kier alpha value is -1.11. The minimum Gasteiger partial charge on any atom is -0.299 e. The molecule has 0 heterocycles. The molecule has 0 spiro atoms. The molecule has 1 aliphatic rings. The molecule has 0 fully saturated rings. The highest BCUT2D eigenvalue weighted by molar-refractivity contribution is 5.87. The second-order valence-corrected chi connectivity index (χ2v) is 5.51. The number of aryl methyl sites for hydroxylation is 1. The van der Waals surface area contributed by atoms with Gasteiger partial charge in [0.1, 0.15) is 5.78 Å². The van der Waals surface area contributed by atoms with Crippen molar-refractivity contribution in [3.8, 4) is 0 Å². The van der Waals surface area contributed by atoms with Crippen molar-refractivity contribution in [2.24, 2.45) is 0 Å². The monoisotopic (exact) mass is 244 g/mol. The van der Waals surface area contributed by atoms with E-state index in [2.05, 4.69) is 25.1 Å². The van der Waals surface area contributed by atoms with E-state index in [0.29, 0.717) is 18.6 Å². The Morgan fingerprint density at radius 1 is 0.944 bits per heavy atom. The molecule has 98 valence electrons. The second kappa shape index (κ2) is 6.72. The number of unbranched alkanes of at least 4 members (excludes halogenated alkanes) is 5. The maximum absolute atomic E-state index is 11.4.